The first-order valence-corrected chi connectivity index (χ1v) is 4.42. The van der Waals surface area contributed by atoms with Crippen molar-refractivity contribution in [1.29, 1.82) is 0 Å². The third kappa shape index (κ3) is 3.13. The number of hydrogen-bond acceptors (Lipinski definition) is 3. The molecule has 0 fully saturated rings. The van der Waals surface area contributed by atoms with Gasteiger partial charge in [-0.1, -0.05) is 11.6 Å². The topological polar surface area (TPSA) is 39.2 Å². The molecule has 0 aliphatic heterocycles. The molecule has 0 unspecified atom stereocenters. The highest BCUT2D eigenvalue weighted by Crippen LogP contribution is 2.23. The molecular formula is C9H8ClF2NO2. The molecule has 0 aromatic carbocycles. The third-order valence-electron chi connectivity index (χ3n) is 1.75. The molecular weight excluding hydrogens is 228 g/mol. The maximum atomic E-state index is 12.5. The fourth-order valence-electron chi connectivity index (χ4n) is 1.03. The van der Waals surface area contributed by atoms with Gasteiger partial charge in [0.15, 0.2) is 0 Å². The first-order valence-electron chi connectivity index (χ1n) is 4.05. The largest absolute Gasteiger partial charge is 0.469 e. The standard InChI is InChI=1S/C9H8ClF2NO2/c1-15-8(14)4-6-5(9(11)12)2-3-7(10)13-6/h2-3,9H,4H2,1H3. The van der Waals surface area contributed by atoms with E-state index in [1.807, 2.05) is 0 Å². The summed E-state index contributed by atoms with van der Waals surface area (Å²) in [6.07, 6.45) is -2.99. The fourth-order valence-corrected chi connectivity index (χ4v) is 1.20. The van der Waals surface area contributed by atoms with Gasteiger partial charge in [0, 0.05) is 5.56 Å². The van der Waals surface area contributed by atoms with Gasteiger partial charge in [-0.2, -0.15) is 0 Å². The number of aromatic nitrogens is 1. The lowest BCUT2D eigenvalue weighted by molar-refractivity contribution is -0.139. The second-order valence-electron chi connectivity index (χ2n) is 2.72. The van der Waals surface area contributed by atoms with E-state index in [4.69, 9.17) is 11.6 Å². The fraction of sp³-hybridized carbons (Fsp3) is 0.333. The summed E-state index contributed by atoms with van der Waals surface area (Å²) < 4.78 is 29.3. The first kappa shape index (κ1) is 11.8. The number of nitrogens with zero attached hydrogens (tertiary/aromatic N) is 1. The van der Waals surface area contributed by atoms with Crippen LogP contribution in [0.2, 0.25) is 5.15 Å². The van der Waals surface area contributed by atoms with Crippen molar-refractivity contribution in [2.24, 2.45) is 0 Å². The molecule has 6 heteroatoms. The van der Waals surface area contributed by atoms with Crippen molar-refractivity contribution in [2.45, 2.75) is 12.8 Å². The van der Waals surface area contributed by atoms with Crippen LogP contribution in [0.5, 0.6) is 0 Å². The maximum Gasteiger partial charge on any atom is 0.311 e. The minimum Gasteiger partial charge on any atom is -0.469 e. The van der Waals surface area contributed by atoms with Crippen LogP contribution in [-0.4, -0.2) is 18.1 Å². The highest BCUT2D eigenvalue weighted by molar-refractivity contribution is 6.29. The zero-order valence-corrected chi connectivity index (χ0v) is 8.59. The van der Waals surface area contributed by atoms with Gasteiger partial charge < -0.3 is 4.74 Å². The van der Waals surface area contributed by atoms with Crippen LogP contribution in [-0.2, 0) is 16.0 Å². The van der Waals surface area contributed by atoms with Crippen molar-refractivity contribution in [3.05, 3.63) is 28.5 Å². The Bertz CT molecular complexity index is 371. The Hall–Kier alpha value is -1.23. The van der Waals surface area contributed by atoms with E-state index in [0.717, 1.165) is 6.07 Å². The van der Waals surface area contributed by atoms with Gasteiger partial charge in [0.1, 0.15) is 5.15 Å². The highest BCUT2D eigenvalue weighted by Gasteiger charge is 2.17. The van der Waals surface area contributed by atoms with Gasteiger partial charge >= 0.3 is 5.97 Å². The number of halogens is 3. The van der Waals surface area contributed by atoms with E-state index in [0.29, 0.717) is 0 Å². The number of rotatable bonds is 3. The lowest BCUT2D eigenvalue weighted by Crippen LogP contribution is -2.09. The zero-order chi connectivity index (χ0) is 11.4. The smallest absolute Gasteiger partial charge is 0.311 e. The van der Waals surface area contributed by atoms with Crippen molar-refractivity contribution < 1.29 is 18.3 Å². The zero-order valence-electron chi connectivity index (χ0n) is 7.84. The van der Waals surface area contributed by atoms with Crippen LogP contribution in [0.1, 0.15) is 17.7 Å². The average Bonchev–Trinajstić information content (AvgIpc) is 2.17. The second kappa shape index (κ2) is 5.02. The van der Waals surface area contributed by atoms with Gasteiger partial charge in [-0.05, 0) is 12.1 Å². The highest BCUT2D eigenvalue weighted by atomic mass is 35.5. The molecule has 1 aromatic rings. The van der Waals surface area contributed by atoms with Crippen LogP contribution in [0.3, 0.4) is 0 Å². The average molecular weight is 236 g/mol. The molecule has 0 aliphatic carbocycles. The van der Waals surface area contributed by atoms with Crippen LogP contribution in [0.15, 0.2) is 12.1 Å². The Morgan fingerprint density at radius 2 is 2.27 bits per heavy atom. The van der Waals surface area contributed by atoms with Crippen LogP contribution >= 0.6 is 11.6 Å². The summed E-state index contributed by atoms with van der Waals surface area (Å²) in [6, 6.07) is 2.40. The van der Waals surface area contributed by atoms with Gasteiger partial charge in [0.25, 0.3) is 6.43 Å². The SMILES string of the molecule is COC(=O)Cc1nc(Cl)ccc1C(F)F. The number of alkyl halides is 2. The molecule has 0 aliphatic rings. The van der Waals surface area contributed by atoms with Gasteiger partial charge in [-0.3, -0.25) is 4.79 Å². The number of hydrogen-bond donors (Lipinski definition) is 0. The van der Waals surface area contributed by atoms with Crippen molar-refractivity contribution in [2.75, 3.05) is 7.11 Å². The van der Waals surface area contributed by atoms with E-state index >= 15 is 0 Å². The van der Waals surface area contributed by atoms with Crippen LogP contribution in [0.4, 0.5) is 8.78 Å². The molecule has 0 spiro atoms. The minimum absolute atomic E-state index is 0.0515. The molecule has 0 N–H and O–H groups in total. The Balaban J connectivity index is 3.02. The van der Waals surface area contributed by atoms with Gasteiger partial charge in [0.2, 0.25) is 0 Å². The number of carbonyl (C=O) groups excluding carboxylic acids is 1. The summed E-state index contributed by atoms with van der Waals surface area (Å²) in [6.45, 7) is 0. The van der Waals surface area contributed by atoms with Crippen molar-refractivity contribution in [3.8, 4) is 0 Å². The van der Waals surface area contributed by atoms with Crippen molar-refractivity contribution in [3.63, 3.8) is 0 Å². The molecule has 1 aromatic heterocycles. The molecule has 3 nitrogen and oxygen atoms in total. The summed E-state index contributed by atoms with van der Waals surface area (Å²) in [7, 11) is 1.18. The quantitative estimate of drug-likeness (QED) is 0.597. The second-order valence-corrected chi connectivity index (χ2v) is 3.11. The van der Waals surface area contributed by atoms with E-state index < -0.39 is 12.4 Å². The first-order chi connectivity index (χ1) is 7.04. The summed E-state index contributed by atoms with van der Waals surface area (Å²) in [5, 5.41) is 0.0679. The number of carbonyl (C=O) groups is 1. The number of methoxy groups -OCH3 is 1. The molecule has 0 radical (unpaired) electrons. The molecule has 0 saturated carbocycles. The number of esters is 1. The lowest BCUT2D eigenvalue weighted by atomic mass is 10.1. The molecule has 0 bridgehead atoms. The van der Waals surface area contributed by atoms with E-state index in [-0.39, 0.29) is 22.8 Å². The predicted molar refractivity (Wildman–Crippen MR) is 49.9 cm³/mol. The summed E-state index contributed by atoms with van der Waals surface area (Å²) in [4.78, 5) is 14.6. The van der Waals surface area contributed by atoms with Crippen molar-refractivity contribution >= 4 is 17.6 Å². The van der Waals surface area contributed by atoms with Gasteiger partial charge in [-0.25, -0.2) is 13.8 Å². The maximum absolute atomic E-state index is 12.5. The summed E-state index contributed by atoms with van der Waals surface area (Å²) >= 11 is 5.54. The lowest BCUT2D eigenvalue weighted by Gasteiger charge is -2.06. The molecule has 0 atom stereocenters. The molecule has 15 heavy (non-hydrogen) atoms. The van der Waals surface area contributed by atoms with E-state index in [1.165, 1.54) is 13.2 Å². The summed E-state index contributed by atoms with van der Waals surface area (Å²) in [5.74, 6) is -0.633. The van der Waals surface area contributed by atoms with E-state index in [1.54, 1.807) is 0 Å². The molecule has 1 rings (SSSR count). The van der Waals surface area contributed by atoms with Gasteiger partial charge in [-0.15, -0.1) is 0 Å². The predicted octanol–water partition coefficient (Wildman–Crippen LogP) is 2.39. The Labute approximate surface area is 90.0 Å². The normalized spacial score (nSPS) is 10.5. The Morgan fingerprint density at radius 1 is 1.60 bits per heavy atom. The van der Waals surface area contributed by atoms with Crippen LogP contribution < -0.4 is 0 Å². The molecule has 82 valence electrons. The van der Waals surface area contributed by atoms with E-state index in [9.17, 15) is 13.6 Å². The van der Waals surface area contributed by atoms with Crippen LogP contribution in [0, 0.1) is 0 Å². The monoisotopic (exact) mass is 235 g/mol. The molecule has 0 saturated heterocycles. The minimum atomic E-state index is -2.69. The number of pyridine rings is 1. The van der Waals surface area contributed by atoms with Gasteiger partial charge in [0.05, 0.1) is 19.2 Å². The Kier molecular flexibility index (Phi) is 3.96. The van der Waals surface area contributed by atoms with Crippen LogP contribution in [0.25, 0.3) is 0 Å². The number of ether oxygens (including phenoxy) is 1. The van der Waals surface area contributed by atoms with Crippen molar-refractivity contribution in [1.82, 2.24) is 4.98 Å². The molecule has 1 heterocycles. The van der Waals surface area contributed by atoms with E-state index in [2.05, 4.69) is 9.72 Å². The summed E-state index contributed by atoms with van der Waals surface area (Å²) in [5.41, 5.74) is -0.353. The molecule has 0 amide bonds. The third-order valence-corrected chi connectivity index (χ3v) is 1.96. The Morgan fingerprint density at radius 3 is 2.80 bits per heavy atom.